The van der Waals surface area contributed by atoms with Gasteiger partial charge in [0.25, 0.3) is 0 Å². The molecule has 0 saturated carbocycles. The van der Waals surface area contributed by atoms with Crippen molar-refractivity contribution in [3.05, 3.63) is 10.3 Å². The second-order valence-electron chi connectivity index (χ2n) is 3.00. The molecule has 17 heavy (non-hydrogen) atoms. The number of nitrogens with zero attached hydrogens (tertiary/aromatic N) is 1. The Balaban J connectivity index is 4.99. The van der Waals surface area contributed by atoms with Crippen LogP contribution < -0.4 is 0 Å². The van der Waals surface area contributed by atoms with Crippen molar-refractivity contribution in [2.75, 3.05) is 13.7 Å². The van der Waals surface area contributed by atoms with Gasteiger partial charge in [0, 0.05) is 10.3 Å². The number of ketones is 1. The first-order chi connectivity index (χ1) is 7.93. The molecule has 0 fully saturated rings. The maximum Gasteiger partial charge on any atom is 0.315 e. The van der Waals surface area contributed by atoms with Crippen molar-refractivity contribution < 1.29 is 19.2 Å². The molecule has 7 heteroatoms. The summed E-state index contributed by atoms with van der Waals surface area (Å²) in [6.45, 7) is 3.43. The van der Waals surface area contributed by atoms with Gasteiger partial charge < -0.3 is 9.57 Å². The van der Waals surface area contributed by atoms with Gasteiger partial charge in [0.05, 0.1) is 6.61 Å². The molecule has 0 N–H and O–H groups in total. The fourth-order valence-corrected chi connectivity index (χ4v) is 1.24. The minimum atomic E-state index is -0.806. The lowest BCUT2D eigenvalue weighted by Gasteiger charge is -2.10. The van der Waals surface area contributed by atoms with Crippen molar-refractivity contribution in [1.29, 1.82) is 0 Å². The Morgan fingerprint density at radius 1 is 1.41 bits per heavy atom. The van der Waals surface area contributed by atoms with E-state index in [1.54, 1.807) is 6.92 Å². The second-order valence-corrected chi connectivity index (χ2v) is 4.32. The highest BCUT2D eigenvalue weighted by Gasteiger charge is 2.26. The minimum absolute atomic E-state index is 0.0495. The fourth-order valence-electron chi connectivity index (χ4n) is 1.01. The summed E-state index contributed by atoms with van der Waals surface area (Å²) in [5.74, 6) is -1.84. The molecule has 0 aliphatic carbocycles. The average Bonchev–Trinajstić information content (AvgIpc) is 2.24. The number of allylic oxidation sites excluding steroid dienone is 1. The van der Waals surface area contributed by atoms with Gasteiger partial charge in [-0.3, -0.25) is 9.59 Å². The van der Waals surface area contributed by atoms with Crippen molar-refractivity contribution in [3.63, 3.8) is 0 Å². The third kappa shape index (κ3) is 5.78. The topological polar surface area (TPSA) is 65.0 Å². The lowest BCUT2D eigenvalue weighted by Crippen LogP contribution is -2.29. The summed E-state index contributed by atoms with van der Waals surface area (Å²) in [5.41, 5.74) is -0.0495. The summed E-state index contributed by atoms with van der Waals surface area (Å²) in [7, 11) is 1.29. The van der Waals surface area contributed by atoms with Gasteiger partial charge in [0.15, 0.2) is 0 Å². The first-order valence-corrected chi connectivity index (χ1v) is 5.75. The van der Waals surface area contributed by atoms with Crippen LogP contribution in [-0.2, 0) is 19.2 Å². The largest absolute Gasteiger partial charge is 0.465 e. The monoisotopic (exact) mass is 277 g/mol. The van der Waals surface area contributed by atoms with Crippen molar-refractivity contribution in [2.24, 2.45) is 11.1 Å². The molecule has 0 aromatic heterocycles. The van der Waals surface area contributed by atoms with Gasteiger partial charge in [-0.1, -0.05) is 5.16 Å². The molecular weight excluding hydrogens is 262 g/mol. The molecular formula is C10H15NO4S2. The summed E-state index contributed by atoms with van der Waals surface area (Å²) in [6, 6.07) is 0. The summed E-state index contributed by atoms with van der Waals surface area (Å²) >= 11 is 7.71. The average molecular weight is 277 g/mol. The predicted molar refractivity (Wildman–Crippen MR) is 71.3 cm³/mol. The first-order valence-electron chi connectivity index (χ1n) is 4.85. The summed E-state index contributed by atoms with van der Waals surface area (Å²) in [6.07, 6.45) is 1.14. The third-order valence-electron chi connectivity index (χ3n) is 1.75. The third-order valence-corrected chi connectivity index (χ3v) is 2.01. The number of thiol groups is 2. The van der Waals surface area contributed by atoms with E-state index < -0.39 is 17.7 Å². The van der Waals surface area contributed by atoms with E-state index in [2.05, 4.69) is 35.3 Å². The van der Waals surface area contributed by atoms with Crippen molar-refractivity contribution >= 4 is 42.7 Å². The molecule has 96 valence electrons. The maximum absolute atomic E-state index is 11.7. The van der Waals surface area contributed by atoms with Crippen LogP contribution in [-0.4, -0.2) is 31.2 Å². The molecule has 0 heterocycles. The highest BCUT2D eigenvalue weighted by atomic mass is 32.2. The molecule has 0 amide bonds. The SMILES string of the molecule is CCOC(=O)C(C)C(=NOC)C(=O)C=C(S)S. The zero-order valence-corrected chi connectivity index (χ0v) is 11.6. The van der Waals surface area contributed by atoms with Crippen LogP contribution >= 0.6 is 25.3 Å². The van der Waals surface area contributed by atoms with Crippen LogP contribution in [0, 0.1) is 5.92 Å². The van der Waals surface area contributed by atoms with E-state index in [0.29, 0.717) is 0 Å². The number of esters is 1. The molecule has 0 aliphatic heterocycles. The van der Waals surface area contributed by atoms with E-state index >= 15 is 0 Å². The van der Waals surface area contributed by atoms with Crippen molar-refractivity contribution in [3.8, 4) is 0 Å². The number of oxime groups is 1. The standard InChI is InChI=1S/C10H15NO4S2/c1-4-15-10(13)6(2)9(11-14-3)7(12)5-8(16)17/h5-6,16-17H,4H2,1-3H3. The van der Waals surface area contributed by atoms with Crippen LogP contribution in [0.2, 0.25) is 0 Å². The second kappa shape index (κ2) is 8.19. The van der Waals surface area contributed by atoms with E-state index in [1.807, 2.05) is 0 Å². The summed E-state index contributed by atoms with van der Waals surface area (Å²) < 4.78 is 5.02. The lowest BCUT2D eigenvalue weighted by molar-refractivity contribution is -0.145. The number of hydrogen-bond donors (Lipinski definition) is 2. The van der Waals surface area contributed by atoms with Gasteiger partial charge in [-0.2, -0.15) is 0 Å². The quantitative estimate of drug-likeness (QED) is 0.254. The fraction of sp³-hybridized carbons (Fsp3) is 0.500. The zero-order valence-electron chi connectivity index (χ0n) is 9.84. The van der Waals surface area contributed by atoms with Crippen LogP contribution in [0.25, 0.3) is 0 Å². The number of hydrogen-bond acceptors (Lipinski definition) is 7. The van der Waals surface area contributed by atoms with Crippen LogP contribution in [0.1, 0.15) is 13.8 Å². The van der Waals surface area contributed by atoms with Gasteiger partial charge in [0.2, 0.25) is 5.78 Å². The molecule has 0 radical (unpaired) electrons. The Hall–Kier alpha value is -0.950. The van der Waals surface area contributed by atoms with Gasteiger partial charge in [-0.15, -0.1) is 25.3 Å². The van der Waals surface area contributed by atoms with E-state index in [1.165, 1.54) is 14.0 Å². The Labute approximate surface area is 111 Å². The van der Waals surface area contributed by atoms with E-state index in [0.717, 1.165) is 6.08 Å². The van der Waals surface area contributed by atoms with Crippen molar-refractivity contribution in [2.45, 2.75) is 13.8 Å². The van der Waals surface area contributed by atoms with Crippen molar-refractivity contribution in [1.82, 2.24) is 0 Å². The van der Waals surface area contributed by atoms with E-state index in [-0.39, 0.29) is 16.6 Å². The highest BCUT2D eigenvalue weighted by molar-refractivity contribution is 8.05. The molecule has 1 atom stereocenters. The molecule has 0 aromatic rings. The Morgan fingerprint density at radius 3 is 2.41 bits per heavy atom. The lowest BCUT2D eigenvalue weighted by atomic mass is 10.0. The smallest absolute Gasteiger partial charge is 0.315 e. The van der Waals surface area contributed by atoms with Gasteiger partial charge in [-0.05, 0) is 13.8 Å². The Bertz CT molecular complexity index is 348. The van der Waals surface area contributed by atoms with Crippen LogP contribution in [0.4, 0.5) is 0 Å². The predicted octanol–water partition coefficient (Wildman–Crippen LogP) is 1.46. The molecule has 0 saturated heterocycles. The summed E-state index contributed by atoms with van der Waals surface area (Å²) in [5, 5.41) is 3.53. The molecule has 1 unspecified atom stereocenters. The van der Waals surface area contributed by atoms with Gasteiger partial charge in [0.1, 0.15) is 18.7 Å². The van der Waals surface area contributed by atoms with Crippen LogP contribution in [0.5, 0.6) is 0 Å². The molecule has 0 bridgehead atoms. The number of carbonyl (C=O) groups excluding carboxylic acids is 2. The zero-order chi connectivity index (χ0) is 13.4. The molecule has 0 aromatic carbocycles. The highest BCUT2D eigenvalue weighted by Crippen LogP contribution is 2.09. The number of carbonyl (C=O) groups is 2. The maximum atomic E-state index is 11.7. The van der Waals surface area contributed by atoms with Gasteiger partial charge >= 0.3 is 5.97 Å². The van der Waals surface area contributed by atoms with E-state index in [4.69, 9.17) is 4.74 Å². The summed E-state index contributed by atoms with van der Waals surface area (Å²) in [4.78, 5) is 27.7. The number of rotatable bonds is 6. The van der Waals surface area contributed by atoms with Crippen LogP contribution in [0.15, 0.2) is 15.5 Å². The molecule has 0 rings (SSSR count). The minimum Gasteiger partial charge on any atom is -0.465 e. The normalized spacial score (nSPS) is 12.6. The van der Waals surface area contributed by atoms with E-state index in [9.17, 15) is 9.59 Å². The first kappa shape index (κ1) is 16.1. The molecule has 0 aliphatic rings. The van der Waals surface area contributed by atoms with Crippen LogP contribution in [0.3, 0.4) is 0 Å². The Kier molecular flexibility index (Phi) is 7.73. The van der Waals surface area contributed by atoms with Gasteiger partial charge in [-0.25, -0.2) is 0 Å². The molecule has 0 spiro atoms. The Morgan fingerprint density at radius 2 is 2.00 bits per heavy atom. The number of ether oxygens (including phenoxy) is 1. The molecule has 5 nitrogen and oxygen atoms in total.